The highest BCUT2D eigenvalue weighted by Crippen LogP contribution is 2.35. The minimum atomic E-state index is -0.587. The molecule has 194 valence electrons. The van der Waals surface area contributed by atoms with Crippen LogP contribution in [0.2, 0.25) is 0 Å². The molecule has 35 heavy (non-hydrogen) atoms. The third-order valence-electron chi connectivity index (χ3n) is 6.89. The van der Waals surface area contributed by atoms with E-state index in [1.807, 2.05) is 0 Å². The molecule has 4 unspecified atom stereocenters. The normalized spacial score (nSPS) is 22.3. The van der Waals surface area contributed by atoms with Gasteiger partial charge in [0.2, 0.25) is 5.91 Å². The second kappa shape index (κ2) is 13.5. The van der Waals surface area contributed by atoms with Crippen LogP contribution in [-0.4, -0.2) is 60.7 Å². The number of hydrogen-bond acceptors (Lipinski definition) is 8. The van der Waals surface area contributed by atoms with Crippen LogP contribution in [0, 0.1) is 22.0 Å². The van der Waals surface area contributed by atoms with E-state index in [-0.39, 0.29) is 42.2 Å². The zero-order valence-electron chi connectivity index (χ0n) is 20.3. The number of carbonyl (C=O) groups is 2. The number of amides is 1. The molecule has 1 amide bonds. The molecule has 0 spiro atoms. The molecule has 2 aliphatic heterocycles. The first-order valence-corrected chi connectivity index (χ1v) is 13.1. The van der Waals surface area contributed by atoms with Crippen molar-refractivity contribution in [2.75, 3.05) is 26.7 Å². The number of carbonyl (C=O) groups excluding carboxylic acids is 2. The van der Waals surface area contributed by atoms with Crippen LogP contribution in [-0.2, 0) is 17.4 Å². The Hall–Kier alpha value is -1.83. The van der Waals surface area contributed by atoms with Crippen molar-refractivity contribution in [2.45, 2.75) is 63.8 Å². The van der Waals surface area contributed by atoms with Gasteiger partial charge in [0, 0.05) is 24.1 Å². The number of nitro benzene ring substituents is 1. The SMILES string of the molecule is CC(CCCCNC(=O)C1CCN(C)CC1)C1OC1NC(CC(=O)OI)c1ccccc1[N+](=O)[O-]. The summed E-state index contributed by atoms with van der Waals surface area (Å²) in [4.78, 5) is 37.5. The molecule has 0 bridgehead atoms. The lowest BCUT2D eigenvalue weighted by Gasteiger charge is -2.28. The van der Waals surface area contributed by atoms with Gasteiger partial charge < -0.3 is 18.0 Å². The van der Waals surface area contributed by atoms with Gasteiger partial charge >= 0.3 is 5.97 Å². The summed E-state index contributed by atoms with van der Waals surface area (Å²) in [5.41, 5.74) is 0.389. The third-order valence-corrected chi connectivity index (χ3v) is 7.38. The minimum Gasteiger partial charge on any atom is -0.394 e. The highest BCUT2D eigenvalue weighted by Gasteiger charge is 2.44. The lowest BCUT2D eigenvalue weighted by molar-refractivity contribution is -0.385. The number of nitro groups is 1. The van der Waals surface area contributed by atoms with Crippen molar-refractivity contribution >= 4 is 40.6 Å². The van der Waals surface area contributed by atoms with E-state index in [2.05, 4.69) is 29.5 Å². The zero-order valence-corrected chi connectivity index (χ0v) is 22.4. The molecule has 2 aliphatic rings. The van der Waals surface area contributed by atoms with Gasteiger partial charge in [-0.2, -0.15) is 0 Å². The summed E-state index contributed by atoms with van der Waals surface area (Å²) >= 11 is 1.52. The van der Waals surface area contributed by atoms with E-state index in [1.165, 1.54) is 29.1 Å². The van der Waals surface area contributed by atoms with E-state index in [0.29, 0.717) is 12.1 Å². The first kappa shape index (κ1) is 27.8. The molecule has 0 aliphatic carbocycles. The Labute approximate surface area is 220 Å². The van der Waals surface area contributed by atoms with Gasteiger partial charge in [-0.3, -0.25) is 25.0 Å². The van der Waals surface area contributed by atoms with Crippen LogP contribution < -0.4 is 10.6 Å². The summed E-state index contributed by atoms with van der Waals surface area (Å²) in [6.07, 6.45) is 4.34. The maximum absolute atomic E-state index is 12.3. The predicted molar refractivity (Wildman–Crippen MR) is 139 cm³/mol. The summed E-state index contributed by atoms with van der Waals surface area (Å²) in [5.74, 6) is 0.121. The Morgan fingerprint density at radius 3 is 2.69 bits per heavy atom. The summed E-state index contributed by atoms with van der Waals surface area (Å²) in [6.45, 7) is 4.75. The Balaban J connectivity index is 1.41. The van der Waals surface area contributed by atoms with E-state index < -0.39 is 16.9 Å². The van der Waals surface area contributed by atoms with Gasteiger partial charge in [0.15, 0.2) is 23.0 Å². The summed E-state index contributed by atoms with van der Waals surface area (Å²) in [7, 11) is 2.09. The molecular weight excluding hydrogens is 567 g/mol. The quantitative estimate of drug-likeness (QED) is 0.116. The zero-order chi connectivity index (χ0) is 25.4. The fourth-order valence-electron chi connectivity index (χ4n) is 4.68. The Bertz CT molecular complexity index is 879. The molecule has 3 rings (SSSR count). The fraction of sp³-hybridized carbons (Fsp3) is 0.667. The third kappa shape index (κ3) is 8.36. The van der Waals surface area contributed by atoms with Crippen molar-refractivity contribution < 1.29 is 22.3 Å². The summed E-state index contributed by atoms with van der Waals surface area (Å²) < 4.78 is 10.6. The molecule has 1 aromatic carbocycles. The predicted octanol–water partition coefficient (Wildman–Crippen LogP) is 3.50. The van der Waals surface area contributed by atoms with Crippen LogP contribution in [0.5, 0.6) is 0 Å². The number of benzene rings is 1. The Morgan fingerprint density at radius 2 is 2.00 bits per heavy atom. The van der Waals surface area contributed by atoms with Gasteiger partial charge in [0.05, 0.1) is 17.4 Å². The van der Waals surface area contributed by atoms with Crippen LogP contribution >= 0.6 is 23.0 Å². The molecular formula is C24H35IN4O6. The van der Waals surface area contributed by atoms with E-state index in [1.54, 1.807) is 18.2 Å². The number of ether oxygens (including phenoxy) is 1. The van der Waals surface area contributed by atoms with Crippen molar-refractivity contribution in [3.05, 3.63) is 39.9 Å². The van der Waals surface area contributed by atoms with Gasteiger partial charge in [-0.25, -0.2) is 0 Å². The number of likely N-dealkylation sites (tertiary alicyclic amines) is 1. The smallest absolute Gasteiger partial charge is 0.317 e. The molecule has 2 N–H and O–H groups in total. The van der Waals surface area contributed by atoms with E-state index in [9.17, 15) is 19.7 Å². The Morgan fingerprint density at radius 1 is 1.29 bits per heavy atom. The lowest BCUT2D eigenvalue weighted by Crippen LogP contribution is -2.39. The maximum Gasteiger partial charge on any atom is 0.317 e. The van der Waals surface area contributed by atoms with Gasteiger partial charge in [-0.1, -0.05) is 31.5 Å². The molecule has 10 nitrogen and oxygen atoms in total. The number of nitrogens with one attached hydrogen (secondary N) is 2. The van der Waals surface area contributed by atoms with Gasteiger partial charge in [-0.05, 0) is 51.7 Å². The van der Waals surface area contributed by atoms with Crippen LogP contribution in [0.4, 0.5) is 5.69 Å². The van der Waals surface area contributed by atoms with Crippen molar-refractivity contribution in [3.8, 4) is 0 Å². The molecule has 2 heterocycles. The van der Waals surface area contributed by atoms with Crippen LogP contribution in [0.1, 0.15) is 57.1 Å². The molecule has 2 saturated heterocycles. The molecule has 0 saturated carbocycles. The number of unbranched alkanes of at least 4 members (excludes halogenated alkanes) is 1. The van der Waals surface area contributed by atoms with Crippen molar-refractivity contribution in [1.29, 1.82) is 0 Å². The monoisotopic (exact) mass is 602 g/mol. The number of para-hydroxylation sites is 1. The average Bonchev–Trinajstić information content (AvgIpc) is 3.62. The van der Waals surface area contributed by atoms with E-state index in [4.69, 9.17) is 7.80 Å². The molecule has 0 aromatic heterocycles. The summed E-state index contributed by atoms with van der Waals surface area (Å²) in [6, 6.07) is 5.81. The standard InChI is InChI=1S/C24H35IN4O6/c1-16(7-5-6-12-26-23(31)17-10-13-28(2)14-11-17)22-24(34-22)27-19(15-21(30)35-25)18-8-3-4-9-20(18)29(32)33/h3-4,8-9,16-17,19,22,24,27H,5-7,10-15H2,1-2H3,(H,26,31). The largest absolute Gasteiger partial charge is 0.394 e. The topological polar surface area (TPSA) is 126 Å². The molecule has 2 fully saturated rings. The first-order valence-electron chi connectivity index (χ1n) is 12.2. The van der Waals surface area contributed by atoms with Gasteiger partial charge in [-0.15, -0.1) is 0 Å². The van der Waals surface area contributed by atoms with Crippen LogP contribution in [0.3, 0.4) is 0 Å². The molecule has 0 radical (unpaired) electrons. The van der Waals surface area contributed by atoms with Crippen LogP contribution in [0.15, 0.2) is 24.3 Å². The minimum absolute atomic E-state index is 0.0234. The fourth-order valence-corrected chi connectivity index (χ4v) is 4.86. The first-order chi connectivity index (χ1) is 16.8. The maximum atomic E-state index is 12.3. The number of rotatable bonds is 13. The molecule has 11 heteroatoms. The van der Waals surface area contributed by atoms with Gasteiger partial charge in [0.1, 0.15) is 12.3 Å². The lowest BCUT2D eigenvalue weighted by atomic mass is 9.96. The average molecular weight is 602 g/mol. The highest BCUT2D eigenvalue weighted by molar-refractivity contribution is 14.1. The van der Waals surface area contributed by atoms with E-state index in [0.717, 1.165) is 45.2 Å². The number of hydrogen-bond donors (Lipinski definition) is 2. The number of nitrogens with zero attached hydrogens (tertiary/aromatic N) is 2. The Kier molecular flexibility index (Phi) is 10.7. The number of epoxide rings is 1. The van der Waals surface area contributed by atoms with Crippen molar-refractivity contribution in [2.24, 2.45) is 11.8 Å². The second-order valence-corrected chi connectivity index (χ2v) is 9.99. The van der Waals surface area contributed by atoms with Crippen molar-refractivity contribution in [1.82, 2.24) is 15.5 Å². The highest BCUT2D eigenvalue weighted by atomic mass is 127. The van der Waals surface area contributed by atoms with Crippen LogP contribution in [0.25, 0.3) is 0 Å². The van der Waals surface area contributed by atoms with E-state index >= 15 is 0 Å². The van der Waals surface area contributed by atoms with Gasteiger partial charge in [0.25, 0.3) is 5.69 Å². The number of piperidine rings is 1. The number of halogens is 1. The second-order valence-electron chi connectivity index (χ2n) is 9.55. The molecule has 4 atom stereocenters. The molecule has 1 aromatic rings. The summed E-state index contributed by atoms with van der Waals surface area (Å²) in [5, 5.41) is 17.8. The van der Waals surface area contributed by atoms with Crippen molar-refractivity contribution in [3.63, 3.8) is 0 Å².